The smallest absolute Gasteiger partial charge is 0.295 e. The van der Waals surface area contributed by atoms with Crippen LogP contribution in [0.15, 0.2) is 72.3 Å². The lowest BCUT2D eigenvalue weighted by molar-refractivity contribution is -0.140. The number of hydrogen-bond donors (Lipinski definition) is 1. The number of aliphatic hydroxyl groups is 1. The van der Waals surface area contributed by atoms with Crippen LogP contribution < -0.4 is 18.9 Å². The number of amides is 1. The molecule has 8 nitrogen and oxygen atoms in total. The average Bonchev–Trinajstić information content (AvgIpc) is 3.47. The fourth-order valence-corrected chi connectivity index (χ4v) is 4.55. The number of hydrogen-bond acceptors (Lipinski definition) is 7. The van der Waals surface area contributed by atoms with Gasteiger partial charge in [-0.15, -0.1) is 0 Å². The summed E-state index contributed by atoms with van der Waals surface area (Å²) in [6.45, 7) is 2.52. The second kappa shape index (κ2) is 9.65. The van der Waals surface area contributed by atoms with Crippen molar-refractivity contribution in [2.75, 3.05) is 20.5 Å². The minimum atomic E-state index is -0.847. The van der Waals surface area contributed by atoms with Crippen LogP contribution in [0.25, 0.3) is 5.76 Å². The number of fused-ring (bicyclic) bond motifs is 1. The lowest BCUT2D eigenvalue weighted by Crippen LogP contribution is -2.29. The van der Waals surface area contributed by atoms with Crippen molar-refractivity contribution in [3.8, 4) is 23.0 Å². The largest absolute Gasteiger partial charge is 0.507 e. The number of Topliss-reactive ketones (excluding diaryl/α,β-unsaturated/α-hetero) is 1. The first-order chi connectivity index (χ1) is 17.5. The number of carbonyl (C=O) groups is 2. The molecule has 1 saturated heterocycles. The van der Waals surface area contributed by atoms with Crippen molar-refractivity contribution in [3.05, 3.63) is 89.0 Å². The maximum Gasteiger partial charge on any atom is 0.295 e. The molecule has 2 aliphatic rings. The van der Waals surface area contributed by atoms with Gasteiger partial charge in [0.15, 0.2) is 11.5 Å². The molecule has 5 rings (SSSR count). The van der Waals surface area contributed by atoms with E-state index in [1.165, 1.54) is 4.90 Å². The van der Waals surface area contributed by atoms with Gasteiger partial charge in [-0.1, -0.05) is 30.3 Å². The molecule has 1 unspecified atom stereocenters. The van der Waals surface area contributed by atoms with E-state index in [9.17, 15) is 14.7 Å². The third-order valence-electron chi connectivity index (χ3n) is 6.20. The topological polar surface area (TPSA) is 94.5 Å². The number of benzene rings is 3. The van der Waals surface area contributed by atoms with Crippen molar-refractivity contribution in [2.45, 2.75) is 19.5 Å². The molecule has 0 spiro atoms. The van der Waals surface area contributed by atoms with Crippen LogP contribution in [0.2, 0.25) is 0 Å². The minimum Gasteiger partial charge on any atom is -0.507 e. The summed E-state index contributed by atoms with van der Waals surface area (Å²) in [5.74, 6) is 0.419. The fourth-order valence-electron chi connectivity index (χ4n) is 4.55. The summed E-state index contributed by atoms with van der Waals surface area (Å²) in [4.78, 5) is 28.2. The number of aliphatic hydroxyl groups excluding tert-OH is 1. The van der Waals surface area contributed by atoms with Crippen LogP contribution in [0.5, 0.6) is 23.0 Å². The van der Waals surface area contributed by atoms with Crippen LogP contribution in [0.4, 0.5) is 0 Å². The molecule has 8 heteroatoms. The van der Waals surface area contributed by atoms with Crippen LogP contribution in [-0.2, 0) is 16.1 Å². The minimum absolute atomic E-state index is 0.0117. The number of nitrogens with zero attached hydrogens (tertiary/aromatic N) is 1. The second-order valence-electron chi connectivity index (χ2n) is 8.31. The van der Waals surface area contributed by atoms with E-state index in [1.807, 2.05) is 25.1 Å². The van der Waals surface area contributed by atoms with E-state index in [-0.39, 0.29) is 24.7 Å². The highest BCUT2D eigenvalue weighted by molar-refractivity contribution is 6.46. The van der Waals surface area contributed by atoms with Gasteiger partial charge in [0.05, 0.1) is 31.9 Å². The zero-order chi connectivity index (χ0) is 25.2. The summed E-state index contributed by atoms with van der Waals surface area (Å²) in [6.07, 6.45) is 0. The summed E-state index contributed by atoms with van der Waals surface area (Å²) >= 11 is 0. The lowest BCUT2D eigenvalue weighted by atomic mass is 9.95. The SMILES string of the molecule is CCOc1cccc(C2/C(=C(/O)c3ccc4c(c3)OCO4)C(=O)C(=O)N2Cc2ccccc2OC)c1. The standard InChI is InChI=1S/C28H25NO7/c1-3-34-20-9-6-8-17(13-20)25-24(26(30)18-11-12-22-23(14-18)36-16-35-22)27(31)28(32)29(25)15-19-7-4-5-10-21(19)33-2/h4-14,25,30H,3,15-16H2,1-2H3/b26-24-. The van der Waals surface area contributed by atoms with Gasteiger partial charge in [0.25, 0.3) is 11.7 Å². The van der Waals surface area contributed by atoms with Crippen LogP contribution in [0.1, 0.15) is 29.7 Å². The van der Waals surface area contributed by atoms with Crippen LogP contribution in [0.3, 0.4) is 0 Å². The Morgan fingerprint density at radius 1 is 1.03 bits per heavy atom. The Morgan fingerprint density at radius 3 is 2.64 bits per heavy atom. The van der Waals surface area contributed by atoms with Gasteiger partial charge in [-0.25, -0.2) is 0 Å². The Bertz CT molecular complexity index is 1360. The van der Waals surface area contributed by atoms with Crippen LogP contribution >= 0.6 is 0 Å². The number of ketones is 1. The average molecular weight is 488 g/mol. The highest BCUT2D eigenvalue weighted by Crippen LogP contribution is 2.43. The monoisotopic (exact) mass is 487 g/mol. The number of methoxy groups -OCH3 is 1. The Morgan fingerprint density at radius 2 is 1.83 bits per heavy atom. The van der Waals surface area contributed by atoms with E-state index in [0.717, 1.165) is 5.56 Å². The van der Waals surface area contributed by atoms with Gasteiger partial charge in [0.1, 0.15) is 17.3 Å². The first-order valence-electron chi connectivity index (χ1n) is 11.5. The molecule has 1 atom stereocenters. The Hall–Kier alpha value is -4.46. The molecule has 0 radical (unpaired) electrons. The van der Waals surface area contributed by atoms with E-state index >= 15 is 0 Å². The van der Waals surface area contributed by atoms with Gasteiger partial charge in [-0.05, 0) is 48.9 Å². The molecule has 0 bridgehead atoms. The molecular formula is C28H25NO7. The summed E-state index contributed by atoms with van der Waals surface area (Å²) in [5.41, 5.74) is 1.70. The zero-order valence-electron chi connectivity index (χ0n) is 19.9. The molecule has 3 aromatic carbocycles. The van der Waals surface area contributed by atoms with E-state index in [2.05, 4.69) is 0 Å². The van der Waals surface area contributed by atoms with Crippen molar-refractivity contribution in [2.24, 2.45) is 0 Å². The number of carbonyl (C=O) groups excluding carboxylic acids is 2. The molecule has 0 aromatic heterocycles. The summed E-state index contributed by atoms with van der Waals surface area (Å²) < 4.78 is 21.9. The highest BCUT2D eigenvalue weighted by atomic mass is 16.7. The van der Waals surface area contributed by atoms with Crippen molar-refractivity contribution in [1.82, 2.24) is 4.90 Å². The van der Waals surface area contributed by atoms with E-state index in [4.69, 9.17) is 18.9 Å². The molecule has 0 aliphatic carbocycles. The number of likely N-dealkylation sites (tertiary alicyclic amines) is 1. The molecule has 3 aromatic rings. The maximum atomic E-state index is 13.4. The normalized spacial score (nSPS) is 17.9. The van der Waals surface area contributed by atoms with E-state index in [0.29, 0.717) is 40.7 Å². The first-order valence-corrected chi connectivity index (χ1v) is 11.5. The third-order valence-corrected chi connectivity index (χ3v) is 6.20. The lowest BCUT2D eigenvalue weighted by Gasteiger charge is -2.26. The predicted octanol–water partition coefficient (Wildman–Crippen LogP) is 4.44. The van der Waals surface area contributed by atoms with Crippen LogP contribution in [-0.4, -0.2) is 42.2 Å². The quantitative estimate of drug-likeness (QED) is 0.299. The van der Waals surface area contributed by atoms with Gasteiger partial charge < -0.3 is 29.0 Å². The number of rotatable bonds is 7. The maximum absolute atomic E-state index is 13.4. The Balaban J connectivity index is 1.65. The molecule has 36 heavy (non-hydrogen) atoms. The highest BCUT2D eigenvalue weighted by Gasteiger charge is 2.46. The Labute approximate surface area is 208 Å². The van der Waals surface area contributed by atoms with E-state index < -0.39 is 17.7 Å². The van der Waals surface area contributed by atoms with Gasteiger partial charge >= 0.3 is 0 Å². The third kappa shape index (κ3) is 4.11. The molecular weight excluding hydrogens is 462 g/mol. The van der Waals surface area contributed by atoms with E-state index in [1.54, 1.807) is 55.6 Å². The number of para-hydroxylation sites is 1. The van der Waals surface area contributed by atoms with Crippen molar-refractivity contribution in [1.29, 1.82) is 0 Å². The zero-order valence-corrected chi connectivity index (χ0v) is 19.9. The van der Waals surface area contributed by atoms with Crippen LogP contribution in [0, 0.1) is 0 Å². The first kappa shape index (κ1) is 23.3. The molecule has 0 saturated carbocycles. The molecule has 1 fully saturated rings. The van der Waals surface area contributed by atoms with Crippen molar-refractivity contribution < 1.29 is 33.6 Å². The summed E-state index contributed by atoms with van der Waals surface area (Å²) in [5, 5.41) is 11.4. The fraction of sp³-hybridized carbons (Fsp3) is 0.214. The van der Waals surface area contributed by atoms with Gasteiger partial charge in [-0.3, -0.25) is 9.59 Å². The van der Waals surface area contributed by atoms with Gasteiger partial charge in [-0.2, -0.15) is 0 Å². The van der Waals surface area contributed by atoms with Crippen molar-refractivity contribution in [3.63, 3.8) is 0 Å². The summed E-state index contributed by atoms with van der Waals surface area (Å²) in [6, 6.07) is 18.5. The molecule has 2 aliphatic heterocycles. The molecule has 2 heterocycles. The summed E-state index contributed by atoms with van der Waals surface area (Å²) in [7, 11) is 1.55. The van der Waals surface area contributed by atoms with Gasteiger partial charge in [0.2, 0.25) is 6.79 Å². The Kier molecular flexibility index (Phi) is 6.25. The second-order valence-corrected chi connectivity index (χ2v) is 8.31. The molecule has 1 N–H and O–H groups in total. The predicted molar refractivity (Wildman–Crippen MR) is 131 cm³/mol. The molecule has 1 amide bonds. The van der Waals surface area contributed by atoms with Crippen molar-refractivity contribution >= 4 is 17.4 Å². The molecule has 184 valence electrons. The van der Waals surface area contributed by atoms with Gasteiger partial charge in [0, 0.05) is 11.1 Å². The number of ether oxygens (including phenoxy) is 4.